The third-order valence-electron chi connectivity index (χ3n) is 3.83. The molecule has 0 fully saturated rings. The molecular weight excluding hydrogens is 334 g/mol. The van der Waals surface area contributed by atoms with Crippen LogP contribution in [0.4, 0.5) is 0 Å². The Morgan fingerprint density at radius 1 is 1.00 bits per heavy atom. The number of benzene rings is 2. The zero-order valence-corrected chi connectivity index (χ0v) is 14.4. The first-order valence-electron chi connectivity index (χ1n) is 8.15. The van der Waals surface area contributed by atoms with Crippen molar-refractivity contribution in [1.82, 2.24) is 4.90 Å². The summed E-state index contributed by atoms with van der Waals surface area (Å²) in [6, 6.07) is 16.9. The lowest BCUT2D eigenvalue weighted by Gasteiger charge is -2.15. The number of carbonyl (C=O) groups is 2. The molecule has 0 unspecified atom stereocenters. The average Bonchev–Trinajstić information content (AvgIpc) is 3.17. The summed E-state index contributed by atoms with van der Waals surface area (Å²) >= 11 is 0. The van der Waals surface area contributed by atoms with Crippen molar-refractivity contribution in [3.05, 3.63) is 66.6 Å². The summed E-state index contributed by atoms with van der Waals surface area (Å²) in [6.45, 7) is -0.276. The number of fused-ring (bicyclic) bond motifs is 1. The number of carbonyl (C=O) groups excluding carboxylic acids is 2. The zero-order chi connectivity index (χ0) is 18.4. The van der Waals surface area contributed by atoms with Crippen molar-refractivity contribution in [1.29, 1.82) is 0 Å². The van der Waals surface area contributed by atoms with E-state index in [1.54, 1.807) is 25.2 Å². The van der Waals surface area contributed by atoms with E-state index in [1.807, 2.05) is 36.4 Å². The van der Waals surface area contributed by atoms with Crippen LogP contribution in [0.3, 0.4) is 0 Å². The zero-order valence-electron chi connectivity index (χ0n) is 14.4. The van der Waals surface area contributed by atoms with Crippen LogP contribution in [0, 0.1) is 0 Å². The van der Waals surface area contributed by atoms with Crippen LogP contribution in [0.15, 0.2) is 65.3 Å². The normalized spacial score (nSPS) is 10.5. The van der Waals surface area contributed by atoms with Crippen molar-refractivity contribution < 1.29 is 23.5 Å². The Morgan fingerprint density at radius 2 is 1.81 bits per heavy atom. The number of amides is 1. The van der Waals surface area contributed by atoms with Crippen LogP contribution in [-0.4, -0.2) is 37.0 Å². The highest BCUT2D eigenvalue weighted by atomic mass is 16.6. The van der Waals surface area contributed by atoms with Gasteiger partial charge < -0.3 is 18.8 Å². The summed E-state index contributed by atoms with van der Waals surface area (Å²) < 4.78 is 15.6. The Kier molecular flexibility index (Phi) is 5.53. The fourth-order valence-electron chi connectivity index (χ4n) is 2.42. The lowest BCUT2D eigenvalue weighted by atomic mass is 10.1. The Hall–Kier alpha value is -3.28. The van der Waals surface area contributed by atoms with E-state index in [9.17, 15) is 9.59 Å². The molecule has 0 N–H and O–H groups in total. The maximum Gasteiger partial charge on any atom is 0.344 e. The van der Waals surface area contributed by atoms with E-state index in [1.165, 1.54) is 11.2 Å². The van der Waals surface area contributed by atoms with E-state index >= 15 is 0 Å². The summed E-state index contributed by atoms with van der Waals surface area (Å²) in [5.41, 5.74) is 0. The van der Waals surface area contributed by atoms with Gasteiger partial charge in [-0.3, -0.25) is 4.79 Å². The SMILES string of the molecule is CN(Cc1ccco1)C(=O)COC(=O)COc1ccc2ccccc2c1. The quantitative estimate of drug-likeness (QED) is 0.611. The first-order chi connectivity index (χ1) is 12.6. The highest BCUT2D eigenvalue weighted by Crippen LogP contribution is 2.20. The minimum absolute atomic E-state index is 0.256. The van der Waals surface area contributed by atoms with Crippen LogP contribution < -0.4 is 4.74 Å². The van der Waals surface area contributed by atoms with Gasteiger partial charge in [-0.25, -0.2) is 4.79 Å². The third-order valence-corrected chi connectivity index (χ3v) is 3.83. The van der Waals surface area contributed by atoms with E-state index in [4.69, 9.17) is 13.9 Å². The lowest BCUT2D eigenvalue weighted by Crippen LogP contribution is -2.31. The maximum absolute atomic E-state index is 12.0. The predicted octanol–water partition coefficient (Wildman–Crippen LogP) is 3.01. The molecule has 0 aliphatic rings. The molecular formula is C20H19NO5. The van der Waals surface area contributed by atoms with E-state index in [-0.39, 0.29) is 19.1 Å². The molecule has 26 heavy (non-hydrogen) atoms. The van der Waals surface area contributed by atoms with Crippen molar-refractivity contribution in [3.63, 3.8) is 0 Å². The highest BCUT2D eigenvalue weighted by molar-refractivity contribution is 5.84. The van der Waals surface area contributed by atoms with Crippen LogP contribution >= 0.6 is 0 Å². The molecule has 0 radical (unpaired) electrons. The number of ether oxygens (including phenoxy) is 2. The smallest absolute Gasteiger partial charge is 0.344 e. The number of hydrogen-bond acceptors (Lipinski definition) is 5. The van der Waals surface area contributed by atoms with Crippen LogP contribution in [0.25, 0.3) is 10.8 Å². The second-order valence-corrected chi connectivity index (χ2v) is 5.79. The second kappa shape index (κ2) is 8.20. The first kappa shape index (κ1) is 17.5. The molecule has 0 spiro atoms. The van der Waals surface area contributed by atoms with Crippen molar-refractivity contribution in [3.8, 4) is 5.75 Å². The van der Waals surface area contributed by atoms with Gasteiger partial charge in [0, 0.05) is 7.05 Å². The van der Waals surface area contributed by atoms with Crippen molar-refractivity contribution in [2.24, 2.45) is 0 Å². The van der Waals surface area contributed by atoms with Gasteiger partial charge >= 0.3 is 5.97 Å². The Bertz CT molecular complexity index is 888. The molecule has 3 rings (SSSR count). The first-order valence-corrected chi connectivity index (χ1v) is 8.15. The molecule has 0 saturated heterocycles. The van der Waals surface area contributed by atoms with Crippen molar-refractivity contribution in [2.45, 2.75) is 6.54 Å². The largest absolute Gasteiger partial charge is 0.482 e. The standard InChI is InChI=1S/C20H19NO5/c1-21(12-18-7-4-10-24-18)19(22)13-26-20(23)14-25-17-9-8-15-5-2-3-6-16(15)11-17/h2-11H,12-14H2,1H3. The van der Waals surface area contributed by atoms with Crippen LogP contribution in [-0.2, 0) is 20.9 Å². The fraction of sp³-hybridized carbons (Fsp3) is 0.200. The lowest BCUT2D eigenvalue weighted by molar-refractivity contribution is -0.153. The number of hydrogen-bond donors (Lipinski definition) is 0. The molecule has 1 amide bonds. The van der Waals surface area contributed by atoms with Crippen LogP contribution in [0.5, 0.6) is 5.75 Å². The molecule has 1 heterocycles. The minimum atomic E-state index is -0.599. The van der Waals surface area contributed by atoms with E-state index in [0.29, 0.717) is 18.1 Å². The highest BCUT2D eigenvalue weighted by Gasteiger charge is 2.14. The molecule has 0 saturated carbocycles. The predicted molar refractivity (Wildman–Crippen MR) is 95.6 cm³/mol. The molecule has 0 atom stereocenters. The fourth-order valence-corrected chi connectivity index (χ4v) is 2.42. The monoisotopic (exact) mass is 353 g/mol. The van der Waals surface area contributed by atoms with Gasteiger partial charge in [0.15, 0.2) is 13.2 Å². The van der Waals surface area contributed by atoms with E-state index in [2.05, 4.69) is 0 Å². The Labute approximate surface area is 150 Å². The Morgan fingerprint density at radius 3 is 2.58 bits per heavy atom. The van der Waals surface area contributed by atoms with Crippen molar-refractivity contribution in [2.75, 3.05) is 20.3 Å². The number of furan rings is 1. The number of esters is 1. The summed E-state index contributed by atoms with van der Waals surface area (Å²) in [5, 5.41) is 2.11. The Balaban J connectivity index is 1.43. The number of nitrogens with zero attached hydrogens (tertiary/aromatic N) is 1. The molecule has 2 aromatic carbocycles. The average molecular weight is 353 g/mol. The van der Waals surface area contributed by atoms with E-state index in [0.717, 1.165) is 10.8 Å². The number of rotatable bonds is 7. The summed E-state index contributed by atoms with van der Waals surface area (Å²) in [7, 11) is 1.62. The van der Waals surface area contributed by atoms with Crippen LogP contribution in [0.2, 0.25) is 0 Å². The van der Waals surface area contributed by atoms with Gasteiger partial charge in [0.1, 0.15) is 11.5 Å². The molecule has 0 aliphatic heterocycles. The molecule has 6 heteroatoms. The van der Waals surface area contributed by atoms with Gasteiger partial charge in [0.25, 0.3) is 5.91 Å². The number of likely N-dealkylation sites (N-methyl/N-ethyl adjacent to an activating group) is 1. The van der Waals surface area contributed by atoms with E-state index < -0.39 is 5.97 Å². The van der Waals surface area contributed by atoms with Gasteiger partial charge in [0.2, 0.25) is 0 Å². The molecule has 6 nitrogen and oxygen atoms in total. The van der Waals surface area contributed by atoms with Gasteiger partial charge in [-0.05, 0) is 35.0 Å². The molecule has 0 bridgehead atoms. The molecule has 1 aromatic heterocycles. The van der Waals surface area contributed by atoms with Gasteiger partial charge in [-0.2, -0.15) is 0 Å². The summed E-state index contributed by atoms with van der Waals surface area (Å²) in [4.78, 5) is 25.2. The van der Waals surface area contributed by atoms with Gasteiger partial charge in [-0.1, -0.05) is 30.3 Å². The van der Waals surface area contributed by atoms with Gasteiger partial charge in [0.05, 0.1) is 12.8 Å². The van der Waals surface area contributed by atoms with Crippen LogP contribution in [0.1, 0.15) is 5.76 Å². The van der Waals surface area contributed by atoms with Crippen molar-refractivity contribution >= 4 is 22.6 Å². The summed E-state index contributed by atoms with van der Waals surface area (Å²) in [5.74, 6) is 0.312. The molecule has 0 aliphatic carbocycles. The molecule has 134 valence electrons. The molecule has 3 aromatic rings. The topological polar surface area (TPSA) is 69.0 Å². The maximum atomic E-state index is 12.0. The van der Waals surface area contributed by atoms with Gasteiger partial charge in [-0.15, -0.1) is 0 Å². The second-order valence-electron chi connectivity index (χ2n) is 5.79. The summed E-state index contributed by atoms with van der Waals surface area (Å²) in [6.07, 6.45) is 1.54. The minimum Gasteiger partial charge on any atom is -0.482 e. The third kappa shape index (κ3) is 4.63.